The van der Waals surface area contributed by atoms with E-state index in [0.29, 0.717) is 13.2 Å². The van der Waals surface area contributed by atoms with Crippen LogP contribution in [0.25, 0.3) is 0 Å². The van der Waals surface area contributed by atoms with E-state index in [9.17, 15) is 9.59 Å². The van der Waals surface area contributed by atoms with E-state index in [1.807, 2.05) is 0 Å². The monoisotopic (exact) mass is 219 g/mol. The summed E-state index contributed by atoms with van der Waals surface area (Å²) in [5.74, 6) is -0.360. The summed E-state index contributed by atoms with van der Waals surface area (Å²) >= 11 is 0. The summed E-state index contributed by atoms with van der Waals surface area (Å²) in [7, 11) is 4.13. The summed E-state index contributed by atoms with van der Waals surface area (Å²) in [5.41, 5.74) is 0. The Labute approximate surface area is 89.1 Å². The van der Waals surface area contributed by atoms with Crippen LogP contribution in [0.2, 0.25) is 0 Å². The normalized spacial score (nSPS) is 9.53. The Balaban J connectivity index is 4.00. The van der Waals surface area contributed by atoms with Gasteiger partial charge in [0.05, 0.1) is 27.2 Å². The molecule has 0 bridgehead atoms. The van der Waals surface area contributed by atoms with Crippen LogP contribution in [0.3, 0.4) is 0 Å². The minimum Gasteiger partial charge on any atom is -0.469 e. The van der Waals surface area contributed by atoms with E-state index >= 15 is 0 Å². The molecule has 6 heteroatoms. The Kier molecular flexibility index (Phi) is 7.35. The van der Waals surface area contributed by atoms with Gasteiger partial charge >= 0.3 is 12.1 Å². The van der Waals surface area contributed by atoms with Crippen LogP contribution in [0.1, 0.15) is 6.42 Å². The molecule has 88 valence electrons. The van der Waals surface area contributed by atoms with Gasteiger partial charge in [0.1, 0.15) is 0 Å². The molecule has 0 N–H and O–H groups in total. The SMILES string of the molecule is COCCN(CCC(=O)OC)C(=O)OC. The summed E-state index contributed by atoms with van der Waals surface area (Å²) in [6.45, 7) is 1.05. The molecule has 0 fully saturated rings. The lowest BCUT2D eigenvalue weighted by atomic mass is 10.4. The van der Waals surface area contributed by atoms with Crippen molar-refractivity contribution in [3.05, 3.63) is 0 Å². The lowest BCUT2D eigenvalue weighted by molar-refractivity contribution is -0.140. The fourth-order valence-electron chi connectivity index (χ4n) is 0.953. The quantitative estimate of drug-likeness (QED) is 0.600. The molecule has 0 aromatic carbocycles. The lowest BCUT2D eigenvalue weighted by Crippen LogP contribution is -2.35. The van der Waals surface area contributed by atoms with Crippen molar-refractivity contribution in [3.63, 3.8) is 0 Å². The number of hydrogen-bond acceptors (Lipinski definition) is 5. The summed E-state index contributed by atoms with van der Waals surface area (Å²) in [5, 5.41) is 0. The predicted octanol–water partition coefficient (Wildman–Crippen LogP) is 0.264. The molecular formula is C9H17NO5. The van der Waals surface area contributed by atoms with Gasteiger partial charge in [-0.15, -0.1) is 0 Å². The molecule has 0 aromatic rings. The third-order valence-corrected chi connectivity index (χ3v) is 1.81. The maximum absolute atomic E-state index is 11.2. The van der Waals surface area contributed by atoms with Gasteiger partial charge in [-0.3, -0.25) is 4.79 Å². The Morgan fingerprint density at radius 2 is 1.73 bits per heavy atom. The van der Waals surface area contributed by atoms with E-state index < -0.39 is 6.09 Å². The van der Waals surface area contributed by atoms with E-state index in [2.05, 4.69) is 9.47 Å². The molecule has 0 unspecified atom stereocenters. The van der Waals surface area contributed by atoms with Gasteiger partial charge in [0.2, 0.25) is 0 Å². The van der Waals surface area contributed by atoms with E-state index in [4.69, 9.17) is 4.74 Å². The number of ether oxygens (including phenoxy) is 3. The highest BCUT2D eigenvalue weighted by Gasteiger charge is 2.14. The summed E-state index contributed by atoms with van der Waals surface area (Å²) in [4.78, 5) is 23.5. The molecule has 15 heavy (non-hydrogen) atoms. The van der Waals surface area contributed by atoms with E-state index in [1.54, 1.807) is 0 Å². The average molecular weight is 219 g/mol. The lowest BCUT2D eigenvalue weighted by Gasteiger charge is -2.19. The van der Waals surface area contributed by atoms with Gasteiger partial charge < -0.3 is 19.1 Å². The van der Waals surface area contributed by atoms with Crippen molar-refractivity contribution in [1.29, 1.82) is 0 Å². The van der Waals surface area contributed by atoms with Crippen LogP contribution in [0.5, 0.6) is 0 Å². The molecule has 0 atom stereocenters. The molecule has 6 nitrogen and oxygen atoms in total. The van der Waals surface area contributed by atoms with Crippen LogP contribution >= 0.6 is 0 Å². The molecule has 0 spiro atoms. The minimum atomic E-state index is -0.476. The number of hydrogen-bond donors (Lipinski definition) is 0. The Morgan fingerprint density at radius 1 is 1.07 bits per heavy atom. The fraction of sp³-hybridized carbons (Fsp3) is 0.778. The first-order chi connectivity index (χ1) is 7.15. The second-order valence-electron chi connectivity index (χ2n) is 2.78. The zero-order chi connectivity index (χ0) is 11.7. The van der Waals surface area contributed by atoms with Crippen LogP contribution in [0.4, 0.5) is 4.79 Å². The Bertz CT molecular complexity index is 207. The van der Waals surface area contributed by atoms with Gasteiger partial charge in [0.15, 0.2) is 0 Å². The Hall–Kier alpha value is -1.30. The Morgan fingerprint density at radius 3 is 2.20 bits per heavy atom. The van der Waals surface area contributed by atoms with Crippen molar-refractivity contribution < 1.29 is 23.8 Å². The van der Waals surface area contributed by atoms with Gasteiger partial charge in [-0.2, -0.15) is 0 Å². The number of rotatable bonds is 6. The van der Waals surface area contributed by atoms with Crippen LogP contribution in [-0.2, 0) is 19.0 Å². The minimum absolute atomic E-state index is 0.148. The van der Waals surface area contributed by atoms with Crippen molar-refractivity contribution in [1.82, 2.24) is 4.90 Å². The van der Waals surface area contributed by atoms with Crippen LogP contribution in [-0.4, -0.2) is 58.0 Å². The van der Waals surface area contributed by atoms with Gasteiger partial charge in [-0.1, -0.05) is 0 Å². The highest BCUT2D eigenvalue weighted by molar-refractivity contribution is 5.71. The first kappa shape index (κ1) is 13.7. The van der Waals surface area contributed by atoms with Gasteiger partial charge in [0, 0.05) is 20.2 Å². The van der Waals surface area contributed by atoms with Gasteiger partial charge in [-0.05, 0) is 0 Å². The average Bonchev–Trinajstić information content (AvgIpc) is 2.27. The number of carbonyl (C=O) groups excluding carboxylic acids is 2. The molecule has 1 amide bonds. The number of esters is 1. The maximum atomic E-state index is 11.2. The van der Waals surface area contributed by atoms with Crippen molar-refractivity contribution >= 4 is 12.1 Å². The van der Waals surface area contributed by atoms with Crippen molar-refractivity contribution in [2.45, 2.75) is 6.42 Å². The third kappa shape index (κ3) is 5.90. The zero-order valence-corrected chi connectivity index (χ0v) is 9.32. The fourth-order valence-corrected chi connectivity index (χ4v) is 0.953. The number of methoxy groups -OCH3 is 3. The predicted molar refractivity (Wildman–Crippen MR) is 52.5 cm³/mol. The molecule has 0 saturated carbocycles. The number of carbonyl (C=O) groups is 2. The maximum Gasteiger partial charge on any atom is 0.409 e. The zero-order valence-electron chi connectivity index (χ0n) is 9.32. The molecule has 0 aliphatic rings. The highest BCUT2D eigenvalue weighted by atomic mass is 16.5. The standard InChI is InChI=1S/C9H17NO5/c1-13-7-6-10(9(12)15-3)5-4-8(11)14-2/h4-7H2,1-3H3. The van der Waals surface area contributed by atoms with Gasteiger partial charge in [-0.25, -0.2) is 4.79 Å². The largest absolute Gasteiger partial charge is 0.469 e. The van der Waals surface area contributed by atoms with E-state index in [1.165, 1.54) is 26.2 Å². The topological polar surface area (TPSA) is 65.1 Å². The second-order valence-corrected chi connectivity index (χ2v) is 2.78. The highest BCUT2D eigenvalue weighted by Crippen LogP contribution is 1.96. The van der Waals surface area contributed by atoms with Gasteiger partial charge in [0.25, 0.3) is 0 Å². The molecule has 0 aliphatic carbocycles. The molecule has 0 rings (SSSR count). The third-order valence-electron chi connectivity index (χ3n) is 1.81. The number of nitrogens with zero attached hydrogens (tertiary/aromatic N) is 1. The first-order valence-electron chi connectivity index (χ1n) is 4.54. The smallest absolute Gasteiger partial charge is 0.409 e. The molecule has 0 aliphatic heterocycles. The van der Waals surface area contributed by atoms with Crippen molar-refractivity contribution in [3.8, 4) is 0 Å². The molecule has 0 aromatic heterocycles. The molecule has 0 saturated heterocycles. The molecule has 0 heterocycles. The van der Waals surface area contributed by atoms with Crippen LogP contribution in [0.15, 0.2) is 0 Å². The van der Waals surface area contributed by atoms with Crippen molar-refractivity contribution in [2.24, 2.45) is 0 Å². The first-order valence-corrected chi connectivity index (χ1v) is 4.54. The molecule has 0 radical (unpaired) electrons. The summed E-state index contributed by atoms with van der Waals surface area (Å²) in [6.07, 6.45) is -0.328. The number of amides is 1. The van der Waals surface area contributed by atoms with E-state index in [-0.39, 0.29) is 18.9 Å². The van der Waals surface area contributed by atoms with E-state index in [0.717, 1.165) is 0 Å². The molecular weight excluding hydrogens is 202 g/mol. The summed E-state index contributed by atoms with van der Waals surface area (Å²) < 4.78 is 13.9. The van der Waals surface area contributed by atoms with Crippen molar-refractivity contribution in [2.75, 3.05) is 41.0 Å². The summed E-state index contributed by atoms with van der Waals surface area (Å²) in [6, 6.07) is 0. The second kappa shape index (κ2) is 8.05. The van der Waals surface area contributed by atoms with Crippen LogP contribution in [0, 0.1) is 0 Å². The van der Waals surface area contributed by atoms with Crippen LogP contribution < -0.4 is 0 Å².